The van der Waals surface area contributed by atoms with Crippen molar-refractivity contribution in [3.05, 3.63) is 94.5 Å². The minimum Gasteiger partial charge on any atom is -0.445 e. The van der Waals surface area contributed by atoms with Gasteiger partial charge in [-0.3, -0.25) is 43.3 Å². The van der Waals surface area contributed by atoms with Gasteiger partial charge in [-0.15, -0.1) is 11.3 Å². The maximum Gasteiger partial charge on any atom is 0.407 e. The first kappa shape index (κ1) is 86.2. The highest BCUT2D eigenvalue weighted by Gasteiger charge is 2.43. The van der Waals surface area contributed by atoms with Crippen LogP contribution >= 0.6 is 23.6 Å². The lowest BCUT2D eigenvalue weighted by atomic mass is 9.89. The van der Waals surface area contributed by atoms with Crippen LogP contribution in [0.3, 0.4) is 0 Å². The molecule has 3 heterocycles. The number of likely N-dealkylation sites (N-methyl/N-ethyl adjacent to an activating group) is 2. The van der Waals surface area contributed by atoms with Crippen molar-refractivity contribution in [2.24, 2.45) is 29.6 Å². The van der Waals surface area contributed by atoms with Crippen molar-refractivity contribution in [2.75, 3.05) is 106 Å². The first-order valence-corrected chi connectivity index (χ1v) is 37.6. The van der Waals surface area contributed by atoms with E-state index in [0.717, 1.165) is 34.7 Å². The Morgan fingerprint density at radius 1 is 0.699 bits per heavy atom. The summed E-state index contributed by atoms with van der Waals surface area (Å²) >= 11 is 7.67. The van der Waals surface area contributed by atoms with Crippen LogP contribution in [0.2, 0.25) is 0 Å². The second-order valence-corrected chi connectivity index (χ2v) is 28.8. The first-order chi connectivity index (χ1) is 49.3. The molecule has 1 aromatic heterocycles. The van der Waals surface area contributed by atoms with Crippen molar-refractivity contribution in [3.63, 3.8) is 0 Å². The van der Waals surface area contributed by atoms with Crippen LogP contribution in [0.5, 0.6) is 0 Å². The van der Waals surface area contributed by atoms with Gasteiger partial charge in [0.2, 0.25) is 35.4 Å². The number of benzene rings is 2. The lowest BCUT2D eigenvalue weighted by Gasteiger charge is -2.41. The van der Waals surface area contributed by atoms with E-state index in [-0.39, 0.29) is 155 Å². The SMILES string of the molecule is CCC(C)C(C(CC(=O)N1CCCC1C(OC)C(C)C(=S)NC(Cc1ccccc1)c1nccs1)OC)N(C)C(=O)C(NC(=O)C(C(C)C)N(C)C(=O)CCOCCOCCOCCNC(=O)OCc1ccc(NCCNC(=O)C(NC(=O)CCCCCN2C(=O)C=CC2=O)C(C)C)cc1)C(C)C. The molecule has 5 rings (SSSR count). The van der Waals surface area contributed by atoms with Gasteiger partial charge in [0, 0.05) is 103 Å². The molecule has 2 aliphatic heterocycles. The third-order valence-corrected chi connectivity index (χ3v) is 20.2. The number of hydrogen-bond donors (Lipinski definition) is 6. The van der Waals surface area contributed by atoms with E-state index in [9.17, 15) is 43.2 Å². The quantitative estimate of drug-likeness (QED) is 0.0182. The highest BCUT2D eigenvalue weighted by molar-refractivity contribution is 7.80. The Labute approximate surface area is 618 Å². The highest BCUT2D eigenvalue weighted by atomic mass is 32.1. The number of imide groups is 1. The minimum absolute atomic E-state index is 0.00636. The van der Waals surface area contributed by atoms with Gasteiger partial charge in [-0.25, -0.2) is 9.78 Å². The molecule has 2 aromatic carbocycles. The highest BCUT2D eigenvalue weighted by Crippen LogP contribution is 2.31. The summed E-state index contributed by atoms with van der Waals surface area (Å²) < 4.78 is 34.6. The normalized spacial score (nSPS) is 16.3. The molecular weight excluding hydrogens is 1360 g/mol. The fraction of sp³-hybridized carbons (Fsp3) is 0.640. The van der Waals surface area contributed by atoms with E-state index in [0.29, 0.717) is 63.3 Å². The number of ether oxygens (including phenoxy) is 6. The van der Waals surface area contributed by atoms with Crippen molar-refractivity contribution in [1.82, 2.24) is 51.2 Å². The molecule has 103 heavy (non-hydrogen) atoms. The topological polar surface area (TPSA) is 307 Å². The second-order valence-electron chi connectivity index (χ2n) is 27.4. The lowest BCUT2D eigenvalue weighted by molar-refractivity contribution is -0.148. The maximum atomic E-state index is 14.8. The molecule has 0 bridgehead atoms. The summed E-state index contributed by atoms with van der Waals surface area (Å²) in [6.07, 6.45) is 7.56. The Balaban J connectivity index is 0.950. The van der Waals surface area contributed by atoms with Gasteiger partial charge in [0.25, 0.3) is 11.8 Å². The number of thiocarbonyl (C=S) groups is 1. The molecule has 572 valence electrons. The molecule has 2 aliphatic rings. The van der Waals surface area contributed by atoms with E-state index in [1.807, 2.05) is 115 Å². The van der Waals surface area contributed by atoms with Crippen molar-refractivity contribution in [2.45, 2.75) is 182 Å². The predicted octanol–water partition coefficient (Wildman–Crippen LogP) is 7.41. The van der Waals surface area contributed by atoms with Gasteiger partial charge < -0.3 is 75.0 Å². The number of amides is 9. The zero-order valence-corrected chi connectivity index (χ0v) is 64.4. The van der Waals surface area contributed by atoms with Crippen molar-refractivity contribution >= 4 is 87.6 Å². The van der Waals surface area contributed by atoms with E-state index in [1.165, 1.54) is 22.0 Å². The average Bonchev–Trinajstić information content (AvgIpc) is 1.78. The number of aromatic nitrogens is 1. The summed E-state index contributed by atoms with van der Waals surface area (Å²) in [7, 11) is 6.51. The Morgan fingerprint density at radius 3 is 1.97 bits per heavy atom. The number of carbonyl (C=O) groups excluding carboxylic acids is 9. The number of alkyl carbamates (subject to hydrolysis) is 1. The van der Waals surface area contributed by atoms with Gasteiger partial charge in [-0.1, -0.05) is 130 Å². The molecule has 6 N–H and O–H groups in total. The van der Waals surface area contributed by atoms with Crippen LogP contribution in [0.25, 0.3) is 0 Å². The average molecular weight is 1470 g/mol. The number of rotatable bonds is 48. The van der Waals surface area contributed by atoms with E-state index >= 15 is 0 Å². The predicted molar refractivity (Wildman–Crippen MR) is 399 cm³/mol. The van der Waals surface area contributed by atoms with Gasteiger partial charge >= 0.3 is 6.09 Å². The number of carbonyl (C=O) groups is 9. The molecule has 10 atom stereocenters. The van der Waals surface area contributed by atoms with Crippen LogP contribution in [0, 0.1) is 29.6 Å². The molecule has 0 radical (unpaired) electrons. The number of anilines is 1. The van der Waals surface area contributed by atoms with Gasteiger partial charge in [-0.05, 0) is 79.0 Å². The largest absolute Gasteiger partial charge is 0.445 e. The molecule has 26 nitrogen and oxygen atoms in total. The summed E-state index contributed by atoms with van der Waals surface area (Å²) in [5, 5.41) is 21.1. The van der Waals surface area contributed by atoms with Crippen LogP contribution in [0.4, 0.5) is 10.5 Å². The molecule has 0 spiro atoms. The summed E-state index contributed by atoms with van der Waals surface area (Å²) in [4.78, 5) is 130. The number of hydrogen-bond acceptors (Lipinski definition) is 19. The Kier molecular flexibility index (Phi) is 38.2. The summed E-state index contributed by atoms with van der Waals surface area (Å²) in [5.74, 6) is -3.52. The molecule has 28 heteroatoms. The number of likely N-dealkylation sites (tertiary alicyclic amines) is 1. The molecule has 0 aliphatic carbocycles. The maximum absolute atomic E-state index is 14.8. The van der Waals surface area contributed by atoms with Gasteiger partial charge in [-0.2, -0.15) is 0 Å². The lowest BCUT2D eigenvalue weighted by Crippen LogP contribution is -2.60. The Bertz CT molecular complexity index is 3150. The zero-order valence-electron chi connectivity index (χ0n) is 62.7. The van der Waals surface area contributed by atoms with E-state index in [1.54, 1.807) is 50.7 Å². The Morgan fingerprint density at radius 2 is 1.36 bits per heavy atom. The monoisotopic (exact) mass is 1470 g/mol. The molecule has 1 fully saturated rings. The van der Waals surface area contributed by atoms with Crippen molar-refractivity contribution < 1.29 is 71.6 Å². The Hall–Kier alpha value is -7.47. The van der Waals surface area contributed by atoms with Gasteiger partial charge in [0.1, 0.15) is 29.7 Å². The fourth-order valence-electron chi connectivity index (χ4n) is 12.8. The second kappa shape index (κ2) is 45.7. The van der Waals surface area contributed by atoms with Crippen LogP contribution in [-0.2, 0) is 79.8 Å². The van der Waals surface area contributed by atoms with Crippen molar-refractivity contribution in [3.8, 4) is 0 Å². The molecule has 1 saturated heterocycles. The number of nitrogens with one attached hydrogen (secondary N) is 6. The summed E-state index contributed by atoms with van der Waals surface area (Å²) in [6, 6.07) is 14.0. The fourth-order valence-corrected chi connectivity index (χ4v) is 13.8. The zero-order chi connectivity index (χ0) is 75.5. The van der Waals surface area contributed by atoms with Crippen LogP contribution in [-0.4, -0.2) is 226 Å². The molecular formula is C75H115N11O15S2. The van der Waals surface area contributed by atoms with Gasteiger partial charge in [0.15, 0.2) is 0 Å². The van der Waals surface area contributed by atoms with Gasteiger partial charge in [0.05, 0.1) is 87.8 Å². The number of unbranched alkanes of at least 4 members (excludes halogenated alkanes) is 2. The number of methoxy groups -OCH3 is 2. The van der Waals surface area contributed by atoms with Crippen LogP contribution < -0.4 is 31.9 Å². The van der Waals surface area contributed by atoms with Crippen LogP contribution in [0.15, 0.2) is 78.3 Å². The van der Waals surface area contributed by atoms with E-state index in [2.05, 4.69) is 49.0 Å². The van der Waals surface area contributed by atoms with E-state index < -0.39 is 48.4 Å². The number of thiazole rings is 1. The summed E-state index contributed by atoms with van der Waals surface area (Å²) in [5.41, 5.74) is 2.72. The smallest absolute Gasteiger partial charge is 0.407 e. The third-order valence-electron chi connectivity index (χ3n) is 18.8. The molecule has 3 aromatic rings. The standard InChI is InChI=1S/C75H115N11O15S2/c1-14-52(8)68(59(96-12)47-64(91)85-38-21-24-58(85)69(97-13)53(9)72(102)80-57(73-78-36-45-103-73)46-54-22-17-15-18-23-54)84(11)74(94)66(50(4)5)82-71(93)67(51(6)7)83(10)61(88)32-39-98-41-43-100-44-42-99-40-35-79-75(95)101-48-55-26-28-56(29-27-55)76-33-34-77-70(92)65(49(2)3)81-60(87)25-19-16-20-37-86-62(89)30-31-63(86)90/h15,17-18,22-23,26-31,36,45,49-53,57-59,65-69,76H,14,16,19-21,24-25,32-35,37-44,46-48H2,1-13H3,(H,77,92)(H,79,95)(H,80,102)(H,81,87)(H,82,93). The molecule has 9 amide bonds. The van der Waals surface area contributed by atoms with Crippen LogP contribution in [0.1, 0.15) is 142 Å². The molecule has 10 unspecified atom stereocenters. The minimum atomic E-state index is -0.958. The summed E-state index contributed by atoms with van der Waals surface area (Å²) in [6.45, 7) is 20.4. The third kappa shape index (κ3) is 28.2. The van der Waals surface area contributed by atoms with Crippen molar-refractivity contribution in [1.29, 1.82) is 0 Å². The van der Waals surface area contributed by atoms with E-state index in [4.69, 9.17) is 40.6 Å². The first-order valence-electron chi connectivity index (χ1n) is 36.3. The molecule has 0 saturated carbocycles. The number of nitrogens with zero attached hydrogens (tertiary/aromatic N) is 5.